The number of halogens is 1. The summed E-state index contributed by atoms with van der Waals surface area (Å²) < 4.78 is 17.5. The van der Waals surface area contributed by atoms with Gasteiger partial charge in [0.25, 0.3) is 11.9 Å². The summed E-state index contributed by atoms with van der Waals surface area (Å²) in [6, 6.07) is 4.99. The van der Waals surface area contributed by atoms with Gasteiger partial charge in [-0.15, -0.1) is 0 Å². The number of nitrogens with zero attached hydrogens (tertiary/aromatic N) is 3. The van der Waals surface area contributed by atoms with E-state index in [1.807, 2.05) is 27.7 Å². The number of likely N-dealkylation sites (tertiary alicyclic amines) is 1. The normalized spacial score (nSPS) is 20.9. The van der Waals surface area contributed by atoms with Crippen LogP contribution in [0.4, 0.5) is 6.01 Å². The highest BCUT2D eigenvalue weighted by molar-refractivity contribution is 6.30. The lowest BCUT2D eigenvalue weighted by Gasteiger charge is -2.37. The van der Waals surface area contributed by atoms with Crippen LogP contribution in [0.1, 0.15) is 91.9 Å². The molecule has 57 heavy (non-hydrogen) atoms. The van der Waals surface area contributed by atoms with Crippen LogP contribution in [0.25, 0.3) is 11.1 Å². The number of hydrogen-bond acceptors (Lipinski definition) is 11. The third-order valence-electron chi connectivity index (χ3n) is 11.0. The second-order valence-electron chi connectivity index (χ2n) is 16.6. The molecule has 2 aromatic heterocycles. The smallest absolute Gasteiger partial charge is 0.296 e. The predicted molar refractivity (Wildman–Crippen MR) is 214 cm³/mol. The first-order valence-corrected chi connectivity index (χ1v) is 20.5. The summed E-state index contributed by atoms with van der Waals surface area (Å²) in [6.45, 7) is 7.48. The molecular formula is C41H56ClN7O8. The van der Waals surface area contributed by atoms with Crippen molar-refractivity contribution < 1.29 is 38.2 Å². The van der Waals surface area contributed by atoms with Crippen LogP contribution in [0, 0.1) is 11.3 Å². The zero-order valence-electron chi connectivity index (χ0n) is 33.4. The van der Waals surface area contributed by atoms with Gasteiger partial charge in [-0.2, -0.15) is 4.98 Å². The van der Waals surface area contributed by atoms with E-state index in [1.165, 1.54) is 11.1 Å². The lowest BCUT2D eigenvalue weighted by atomic mass is 9.82. The summed E-state index contributed by atoms with van der Waals surface area (Å²) >= 11 is 6.05. The number of aliphatic hydroxyl groups excluding tert-OH is 1. The summed E-state index contributed by atoms with van der Waals surface area (Å²) in [6.07, 6.45) is 6.68. The Labute approximate surface area is 338 Å². The van der Waals surface area contributed by atoms with Crippen molar-refractivity contribution in [3.05, 3.63) is 41.6 Å². The van der Waals surface area contributed by atoms with Gasteiger partial charge in [0.1, 0.15) is 35.5 Å². The number of methoxy groups -OCH3 is 1. The maximum absolute atomic E-state index is 14.9. The van der Waals surface area contributed by atoms with Gasteiger partial charge in [-0.1, -0.05) is 65.0 Å². The van der Waals surface area contributed by atoms with Crippen molar-refractivity contribution in [2.45, 2.75) is 134 Å². The molecule has 2 aliphatic carbocycles. The molecule has 6 rings (SSSR count). The van der Waals surface area contributed by atoms with Crippen LogP contribution in [0.2, 0.25) is 5.02 Å². The zero-order valence-corrected chi connectivity index (χ0v) is 34.1. The fourth-order valence-electron chi connectivity index (χ4n) is 7.71. The Hall–Kier alpha value is -4.63. The van der Waals surface area contributed by atoms with Crippen molar-refractivity contribution in [1.29, 1.82) is 0 Å². The first kappa shape index (κ1) is 42.0. The summed E-state index contributed by atoms with van der Waals surface area (Å²) in [5.41, 5.74) is 0.311. The maximum atomic E-state index is 14.9. The number of anilines is 1. The SMILES string of the molecule is CCC[C@H](NC(=O)[C@@H]1C[C@@H](Oc2ccc(Cl)cn2)CN1C(=O)C(NC(=O)[C@@H](Nc1nc2cc(OC)ccc2o1)C1CCCCC1)C(C)(C)C)C(O)C(=O)NC1CC1. The molecule has 15 nitrogen and oxygen atoms in total. The van der Waals surface area contributed by atoms with Gasteiger partial charge in [-0.3, -0.25) is 19.2 Å². The van der Waals surface area contributed by atoms with Gasteiger partial charge in [0.2, 0.25) is 23.6 Å². The van der Waals surface area contributed by atoms with Crippen LogP contribution in [0.5, 0.6) is 11.6 Å². The van der Waals surface area contributed by atoms with Gasteiger partial charge in [-0.25, -0.2) is 4.98 Å². The fraction of sp³-hybridized carbons (Fsp3) is 0.610. The Kier molecular flexibility index (Phi) is 13.5. The number of fused-ring (bicyclic) bond motifs is 1. The van der Waals surface area contributed by atoms with Crippen LogP contribution in [-0.2, 0) is 19.2 Å². The minimum Gasteiger partial charge on any atom is -0.497 e. The molecule has 3 aliphatic rings. The predicted octanol–water partition coefficient (Wildman–Crippen LogP) is 4.75. The third kappa shape index (κ3) is 10.7. The minimum atomic E-state index is -1.47. The number of pyridine rings is 1. The van der Waals surface area contributed by atoms with E-state index in [0.29, 0.717) is 34.7 Å². The molecule has 3 fully saturated rings. The molecule has 1 saturated heterocycles. The van der Waals surface area contributed by atoms with Crippen LogP contribution >= 0.6 is 11.6 Å². The summed E-state index contributed by atoms with van der Waals surface area (Å²) in [7, 11) is 1.57. The molecule has 0 bridgehead atoms. The molecular weight excluding hydrogens is 754 g/mol. The number of carbonyl (C=O) groups is 4. The van der Waals surface area contributed by atoms with Crippen molar-refractivity contribution in [3.8, 4) is 11.6 Å². The summed E-state index contributed by atoms with van der Waals surface area (Å²) in [5.74, 6) is -1.09. The largest absolute Gasteiger partial charge is 0.497 e. The number of ether oxygens (including phenoxy) is 2. The Bertz CT molecular complexity index is 1870. The van der Waals surface area contributed by atoms with Gasteiger partial charge >= 0.3 is 0 Å². The molecule has 4 amide bonds. The topological polar surface area (TPSA) is 197 Å². The van der Waals surface area contributed by atoms with Crippen molar-refractivity contribution in [2.24, 2.45) is 11.3 Å². The van der Waals surface area contributed by atoms with Crippen molar-refractivity contribution in [2.75, 3.05) is 19.0 Å². The highest BCUT2D eigenvalue weighted by Crippen LogP contribution is 2.32. The fourth-order valence-corrected chi connectivity index (χ4v) is 7.83. The van der Waals surface area contributed by atoms with Gasteiger partial charge in [0, 0.05) is 30.8 Å². The van der Waals surface area contributed by atoms with E-state index >= 15 is 0 Å². The first-order valence-electron chi connectivity index (χ1n) is 20.1. The highest BCUT2D eigenvalue weighted by Gasteiger charge is 2.47. The van der Waals surface area contributed by atoms with Crippen LogP contribution in [0.15, 0.2) is 40.9 Å². The van der Waals surface area contributed by atoms with Gasteiger partial charge in [0.15, 0.2) is 11.7 Å². The molecule has 0 radical (unpaired) electrons. The van der Waals surface area contributed by atoms with Gasteiger partial charge < -0.3 is 45.2 Å². The Morgan fingerprint density at radius 2 is 1.79 bits per heavy atom. The van der Waals surface area contributed by atoms with E-state index in [2.05, 4.69) is 31.2 Å². The summed E-state index contributed by atoms with van der Waals surface area (Å²) in [4.78, 5) is 66.7. The Balaban J connectivity index is 1.25. The summed E-state index contributed by atoms with van der Waals surface area (Å²) in [5, 5.41) is 23.5. The molecule has 2 saturated carbocycles. The molecule has 3 heterocycles. The zero-order chi connectivity index (χ0) is 40.9. The molecule has 0 spiro atoms. The highest BCUT2D eigenvalue weighted by atomic mass is 35.5. The van der Waals surface area contributed by atoms with E-state index in [9.17, 15) is 24.3 Å². The number of aliphatic hydroxyl groups is 1. The number of oxazole rings is 1. The lowest BCUT2D eigenvalue weighted by molar-refractivity contribution is -0.145. The number of rotatable bonds is 16. The number of hydrogen-bond donors (Lipinski definition) is 5. The molecule has 3 aromatic rings. The molecule has 1 aromatic carbocycles. The van der Waals surface area contributed by atoms with E-state index < -0.39 is 59.5 Å². The lowest BCUT2D eigenvalue weighted by Crippen LogP contribution is -2.61. The van der Waals surface area contributed by atoms with E-state index in [0.717, 1.165) is 44.9 Å². The van der Waals surface area contributed by atoms with Crippen LogP contribution < -0.4 is 30.7 Å². The van der Waals surface area contributed by atoms with Crippen molar-refractivity contribution >= 4 is 52.3 Å². The maximum Gasteiger partial charge on any atom is 0.296 e. The second kappa shape index (κ2) is 18.3. The molecule has 6 atom stereocenters. The number of nitrogens with one attached hydrogen (secondary N) is 4. The van der Waals surface area contributed by atoms with E-state index in [1.54, 1.807) is 37.4 Å². The molecule has 1 aliphatic heterocycles. The number of amides is 4. The Morgan fingerprint density at radius 3 is 2.44 bits per heavy atom. The number of aromatic nitrogens is 2. The average molecular weight is 810 g/mol. The number of carbonyl (C=O) groups excluding carboxylic acids is 4. The quantitative estimate of drug-likeness (QED) is 0.134. The van der Waals surface area contributed by atoms with Crippen molar-refractivity contribution in [3.63, 3.8) is 0 Å². The van der Waals surface area contributed by atoms with Crippen molar-refractivity contribution in [1.82, 2.24) is 30.8 Å². The van der Waals surface area contributed by atoms with Gasteiger partial charge in [0.05, 0.1) is 24.7 Å². The monoisotopic (exact) mass is 809 g/mol. The molecule has 310 valence electrons. The molecule has 5 N–H and O–H groups in total. The first-order chi connectivity index (χ1) is 27.2. The van der Waals surface area contributed by atoms with Gasteiger partial charge in [-0.05, 0) is 61.6 Å². The van der Waals surface area contributed by atoms with Crippen LogP contribution in [-0.4, -0.2) is 99.7 Å². The standard InChI is InChI=1S/C41H56ClN7O8/c1-6-10-28(34(50)38(53)44-25-14-15-25)45-36(51)30-20-27(56-32-18-13-24(42)21-43-32)22-49(30)39(54)35(41(2,3)4)48-37(52)33(23-11-8-7-9-12-23)47-40-46-29-19-26(55-5)16-17-31(29)57-40/h13,16-19,21,23,25,27-28,30,33-35,50H,6-12,14-15,20,22H2,1-5H3,(H,44,53)(H,45,51)(H,46,47)(H,48,52)/t27-,28+,30+,33+,34?,35?/m1/s1. The molecule has 16 heteroatoms. The Morgan fingerprint density at radius 1 is 1.04 bits per heavy atom. The average Bonchev–Trinajstić information content (AvgIpc) is 3.75. The minimum absolute atomic E-state index is 0.0174. The third-order valence-corrected chi connectivity index (χ3v) is 11.2. The number of benzene rings is 1. The van der Waals surface area contributed by atoms with E-state index in [4.69, 9.17) is 25.5 Å². The molecule has 2 unspecified atom stereocenters. The second-order valence-corrected chi connectivity index (χ2v) is 17.0. The van der Waals surface area contributed by atoms with Crippen LogP contribution in [0.3, 0.4) is 0 Å². The van der Waals surface area contributed by atoms with E-state index in [-0.39, 0.29) is 42.7 Å².